The number of pyridine rings is 1. The molecule has 0 aliphatic rings. The minimum Gasteiger partial charge on any atom is -0.508 e. The number of nitriles is 1. The van der Waals surface area contributed by atoms with E-state index < -0.39 is 5.56 Å². The zero-order valence-corrected chi connectivity index (χ0v) is 16.9. The lowest BCUT2D eigenvalue weighted by Crippen LogP contribution is -2.30. The summed E-state index contributed by atoms with van der Waals surface area (Å²) in [6.45, 7) is 3.99. The van der Waals surface area contributed by atoms with Crippen molar-refractivity contribution in [1.82, 2.24) is 9.88 Å². The first-order valence-corrected chi connectivity index (χ1v) is 9.60. The van der Waals surface area contributed by atoms with E-state index in [1.54, 1.807) is 61.4 Å². The SMILES string of the molecule is Cc1[nH]c(=O)c(C#N)c(C)c1CCC(=O)N(Cc1ccco1)Cc1ccccc1O. The van der Waals surface area contributed by atoms with Crippen molar-refractivity contribution in [2.75, 3.05) is 0 Å². The van der Waals surface area contributed by atoms with E-state index in [-0.39, 0.29) is 36.7 Å². The van der Waals surface area contributed by atoms with Gasteiger partial charge in [-0.1, -0.05) is 18.2 Å². The molecule has 2 aromatic heterocycles. The number of hydrogen-bond acceptors (Lipinski definition) is 5. The average Bonchev–Trinajstić information content (AvgIpc) is 3.22. The molecule has 0 bridgehead atoms. The van der Waals surface area contributed by atoms with Crippen LogP contribution in [0.4, 0.5) is 0 Å². The molecule has 3 rings (SSSR count). The molecular weight excluding hydrogens is 382 g/mol. The lowest BCUT2D eigenvalue weighted by Gasteiger charge is -2.23. The lowest BCUT2D eigenvalue weighted by atomic mass is 9.98. The number of furan rings is 1. The van der Waals surface area contributed by atoms with E-state index in [1.807, 2.05) is 6.07 Å². The summed E-state index contributed by atoms with van der Waals surface area (Å²) in [6, 6.07) is 12.4. The van der Waals surface area contributed by atoms with E-state index >= 15 is 0 Å². The number of nitrogens with one attached hydrogen (secondary N) is 1. The Kier molecular flexibility index (Phi) is 6.38. The third-order valence-corrected chi connectivity index (χ3v) is 5.14. The average molecular weight is 405 g/mol. The van der Waals surface area contributed by atoms with Crippen LogP contribution in [0.2, 0.25) is 0 Å². The van der Waals surface area contributed by atoms with Crippen LogP contribution in [0.25, 0.3) is 0 Å². The Morgan fingerprint density at radius 1 is 1.20 bits per heavy atom. The van der Waals surface area contributed by atoms with Crippen LogP contribution >= 0.6 is 0 Å². The van der Waals surface area contributed by atoms with Gasteiger partial charge in [0.25, 0.3) is 5.56 Å². The van der Waals surface area contributed by atoms with E-state index in [0.29, 0.717) is 29.0 Å². The number of phenols is 1. The molecule has 0 saturated carbocycles. The number of amides is 1. The molecule has 30 heavy (non-hydrogen) atoms. The Morgan fingerprint density at radius 3 is 2.63 bits per heavy atom. The number of aryl methyl sites for hydroxylation is 1. The number of para-hydroxylation sites is 1. The minimum atomic E-state index is -0.415. The van der Waals surface area contributed by atoms with Gasteiger partial charge in [-0.3, -0.25) is 9.59 Å². The molecule has 2 N–H and O–H groups in total. The summed E-state index contributed by atoms with van der Waals surface area (Å²) >= 11 is 0. The highest BCUT2D eigenvalue weighted by atomic mass is 16.3. The van der Waals surface area contributed by atoms with Gasteiger partial charge in [0, 0.05) is 24.2 Å². The van der Waals surface area contributed by atoms with Crippen molar-refractivity contribution in [2.45, 2.75) is 39.8 Å². The third-order valence-electron chi connectivity index (χ3n) is 5.14. The molecule has 2 heterocycles. The zero-order valence-electron chi connectivity index (χ0n) is 16.9. The van der Waals surface area contributed by atoms with Crippen molar-refractivity contribution >= 4 is 5.91 Å². The maximum atomic E-state index is 13.1. The van der Waals surface area contributed by atoms with E-state index in [1.165, 1.54) is 0 Å². The number of carbonyl (C=O) groups is 1. The van der Waals surface area contributed by atoms with Gasteiger partial charge in [0.05, 0.1) is 12.8 Å². The molecule has 0 aliphatic heterocycles. The number of aromatic hydroxyl groups is 1. The van der Waals surface area contributed by atoms with Crippen LogP contribution in [0.3, 0.4) is 0 Å². The van der Waals surface area contributed by atoms with Gasteiger partial charge >= 0.3 is 0 Å². The molecule has 0 atom stereocenters. The molecule has 3 aromatic rings. The second-order valence-corrected chi connectivity index (χ2v) is 7.13. The lowest BCUT2D eigenvalue weighted by molar-refractivity contribution is -0.132. The van der Waals surface area contributed by atoms with Crippen LogP contribution in [-0.4, -0.2) is 20.9 Å². The van der Waals surface area contributed by atoms with Crippen molar-refractivity contribution in [1.29, 1.82) is 5.26 Å². The summed E-state index contributed by atoms with van der Waals surface area (Å²) in [7, 11) is 0. The minimum absolute atomic E-state index is 0.0738. The van der Waals surface area contributed by atoms with Gasteiger partial charge < -0.3 is 19.4 Å². The van der Waals surface area contributed by atoms with E-state index in [0.717, 1.165) is 5.56 Å². The molecule has 7 heteroatoms. The largest absolute Gasteiger partial charge is 0.508 e. The summed E-state index contributed by atoms with van der Waals surface area (Å²) in [6.07, 6.45) is 2.12. The van der Waals surface area contributed by atoms with Crippen LogP contribution in [0.15, 0.2) is 51.9 Å². The molecule has 1 aromatic carbocycles. The van der Waals surface area contributed by atoms with E-state index in [9.17, 15) is 20.0 Å². The van der Waals surface area contributed by atoms with Crippen LogP contribution in [0, 0.1) is 25.2 Å². The summed E-state index contributed by atoms with van der Waals surface area (Å²) < 4.78 is 5.39. The van der Waals surface area contributed by atoms with Gasteiger partial charge in [-0.05, 0) is 49.6 Å². The zero-order chi connectivity index (χ0) is 21.7. The molecule has 1 amide bonds. The molecule has 0 fully saturated rings. The number of aromatic amines is 1. The molecule has 0 spiro atoms. The Hall–Kier alpha value is -3.79. The normalized spacial score (nSPS) is 10.6. The van der Waals surface area contributed by atoms with E-state index in [2.05, 4.69) is 4.98 Å². The van der Waals surface area contributed by atoms with Gasteiger partial charge in [0.1, 0.15) is 23.1 Å². The number of benzene rings is 1. The Bertz CT molecular complexity index is 1140. The maximum Gasteiger partial charge on any atom is 0.266 e. The van der Waals surface area contributed by atoms with Gasteiger partial charge in [0.2, 0.25) is 5.91 Å². The summed E-state index contributed by atoms with van der Waals surface area (Å²) in [4.78, 5) is 29.3. The van der Waals surface area contributed by atoms with Gasteiger partial charge in [-0.2, -0.15) is 5.26 Å². The number of H-pyrrole nitrogens is 1. The van der Waals surface area contributed by atoms with Crippen molar-refractivity contribution < 1.29 is 14.3 Å². The monoisotopic (exact) mass is 405 g/mol. The Labute approximate surface area is 174 Å². The first kappa shape index (κ1) is 20.9. The molecule has 154 valence electrons. The van der Waals surface area contributed by atoms with Crippen LogP contribution < -0.4 is 5.56 Å². The second kappa shape index (κ2) is 9.14. The van der Waals surface area contributed by atoms with Crippen LogP contribution in [0.5, 0.6) is 5.75 Å². The number of aromatic nitrogens is 1. The van der Waals surface area contributed by atoms with Gasteiger partial charge in [0.15, 0.2) is 0 Å². The first-order valence-electron chi connectivity index (χ1n) is 9.60. The van der Waals surface area contributed by atoms with Crippen LogP contribution in [-0.2, 0) is 24.3 Å². The molecule has 0 unspecified atom stereocenters. The fourth-order valence-corrected chi connectivity index (χ4v) is 3.48. The molecule has 0 saturated heterocycles. The number of hydrogen-bond donors (Lipinski definition) is 2. The fraction of sp³-hybridized carbons (Fsp3) is 0.261. The molecule has 0 aliphatic carbocycles. The highest BCUT2D eigenvalue weighted by Crippen LogP contribution is 2.21. The van der Waals surface area contributed by atoms with Crippen LogP contribution in [0.1, 0.15) is 40.1 Å². The van der Waals surface area contributed by atoms with Crippen molar-refractivity contribution in [3.8, 4) is 11.8 Å². The highest BCUT2D eigenvalue weighted by Gasteiger charge is 2.19. The highest BCUT2D eigenvalue weighted by molar-refractivity contribution is 5.76. The second-order valence-electron chi connectivity index (χ2n) is 7.13. The predicted octanol–water partition coefficient (Wildman–Crippen LogP) is 3.32. The Morgan fingerprint density at radius 2 is 1.97 bits per heavy atom. The quantitative estimate of drug-likeness (QED) is 0.626. The summed E-state index contributed by atoms with van der Waals surface area (Å²) in [5, 5.41) is 19.3. The summed E-state index contributed by atoms with van der Waals surface area (Å²) in [5.74, 6) is 0.640. The van der Waals surface area contributed by atoms with E-state index in [4.69, 9.17) is 4.42 Å². The topological polar surface area (TPSA) is 110 Å². The third kappa shape index (κ3) is 4.61. The summed E-state index contributed by atoms with van der Waals surface area (Å²) in [5.41, 5.74) is 2.35. The standard InChI is InChI=1S/C23H23N3O4/c1-15-19(16(2)25-23(29)20(15)12-24)9-10-22(28)26(14-18-7-5-11-30-18)13-17-6-3-4-8-21(17)27/h3-8,11,27H,9-10,13-14H2,1-2H3,(H,25,29). The van der Waals surface area contributed by atoms with Crippen molar-refractivity contribution in [2.24, 2.45) is 0 Å². The molecule has 0 radical (unpaired) electrons. The van der Waals surface area contributed by atoms with Crippen molar-refractivity contribution in [3.05, 3.63) is 86.7 Å². The Balaban J connectivity index is 1.81. The fourth-order valence-electron chi connectivity index (χ4n) is 3.48. The smallest absolute Gasteiger partial charge is 0.266 e. The first-order chi connectivity index (χ1) is 14.4. The molecular formula is C23H23N3O4. The number of carbonyl (C=O) groups excluding carboxylic acids is 1. The number of nitrogens with zero attached hydrogens (tertiary/aromatic N) is 2. The van der Waals surface area contributed by atoms with Gasteiger partial charge in [-0.15, -0.1) is 0 Å². The number of rotatable bonds is 7. The number of phenolic OH excluding ortho intramolecular Hbond substituents is 1. The van der Waals surface area contributed by atoms with Gasteiger partial charge in [-0.25, -0.2) is 0 Å². The predicted molar refractivity (Wildman–Crippen MR) is 111 cm³/mol. The molecule has 7 nitrogen and oxygen atoms in total. The maximum absolute atomic E-state index is 13.1. The van der Waals surface area contributed by atoms with Crippen molar-refractivity contribution in [3.63, 3.8) is 0 Å².